The van der Waals surface area contributed by atoms with Gasteiger partial charge in [0, 0.05) is 32.2 Å². The molecule has 1 amide bonds. The number of piperazine rings is 1. The SMILES string of the molecule is CCc1csc(C(=O)N2CCN(C3CC3)CC2)c1. The minimum atomic E-state index is 0.232. The number of aryl methyl sites for hydroxylation is 1. The lowest BCUT2D eigenvalue weighted by molar-refractivity contribution is 0.0632. The summed E-state index contributed by atoms with van der Waals surface area (Å²) in [4.78, 5) is 17.8. The van der Waals surface area contributed by atoms with Crippen LogP contribution in [0.15, 0.2) is 11.4 Å². The molecular weight excluding hydrogens is 244 g/mol. The van der Waals surface area contributed by atoms with Crippen molar-refractivity contribution in [2.75, 3.05) is 26.2 Å². The molecule has 18 heavy (non-hydrogen) atoms. The van der Waals surface area contributed by atoms with Gasteiger partial charge in [0.25, 0.3) is 5.91 Å². The van der Waals surface area contributed by atoms with Crippen molar-refractivity contribution < 1.29 is 4.79 Å². The highest BCUT2D eigenvalue weighted by atomic mass is 32.1. The number of nitrogens with zero attached hydrogens (tertiary/aromatic N) is 2. The molecule has 98 valence electrons. The molecule has 2 aliphatic rings. The molecule has 0 aromatic carbocycles. The molecule has 2 heterocycles. The molecule has 1 aliphatic carbocycles. The van der Waals surface area contributed by atoms with Gasteiger partial charge in [-0.15, -0.1) is 11.3 Å². The van der Waals surface area contributed by atoms with E-state index < -0.39 is 0 Å². The van der Waals surface area contributed by atoms with Crippen LogP contribution in [0.25, 0.3) is 0 Å². The van der Waals surface area contributed by atoms with Crippen LogP contribution in [0.2, 0.25) is 0 Å². The molecule has 1 aromatic heterocycles. The van der Waals surface area contributed by atoms with Gasteiger partial charge >= 0.3 is 0 Å². The van der Waals surface area contributed by atoms with Gasteiger partial charge in [-0.2, -0.15) is 0 Å². The van der Waals surface area contributed by atoms with E-state index in [2.05, 4.69) is 23.3 Å². The van der Waals surface area contributed by atoms with Gasteiger partial charge in [0.1, 0.15) is 0 Å². The van der Waals surface area contributed by atoms with Crippen LogP contribution in [0.3, 0.4) is 0 Å². The first-order valence-corrected chi connectivity index (χ1v) is 7.76. The molecule has 0 spiro atoms. The van der Waals surface area contributed by atoms with E-state index in [0.717, 1.165) is 43.5 Å². The van der Waals surface area contributed by atoms with Crippen LogP contribution in [0, 0.1) is 0 Å². The summed E-state index contributed by atoms with van der Waals surface area (Å²) >= 11 is 1.59. The maximum atomic E-state index is 12.3. The predicted molar refractivity (Wildman–Crippen MR) is 74.2 cm³/mol. The third-order valence-corrected chi connectivity index (χ3v) is 4.90. The molecule has 0 unspecified atom stereocenters. The van der Waals surface area contributed by atoms with Crippen LogP contribution >= 0.6 is 11.3 Å². The maximum absolute atomic E-state index is 12.3. The fourth-order valence-electron chi connectivity index (χ4n) is 2.56. The molecule has 4 heteroatoms. The Hall–Kier alpha value is -0.870. The summed E-state index contributed by atoms with van der Waals surface area (Å²) in [6.45, 7) is 6.04. The third kappa shape index (κ3) is 2.45. The Balaban J connectivity index is 1.59. The number of amides is 1. The van der Waals surface area contributed by atoms with E-state index in [1.165, 1.54) is 18.4 Å². The fourth-order valence-corrected chi connectivity index (χ4v) is 3.52. The van der Waals surface area contributed by atoms with Crippen LogP contribution < -0.4 is 0 Å². The molecular formula is C14H20N2OS. The first kappa shape index (κ1) is 12.2. The number of carbonyl (C=O) groups is 1. The van der Waals surface area contributed by atoms with Gasteiger partial charge in [0.15, 0.2) is 0 Å². The van der Waals surface area contributed by atoms with Gasteiger partial charge in [0.2, 0.25) is 0 Å². The summed E-state index contributed by atoms with van der Waals surface area (Å²) in [5.74, 6) is 0.232. The van der Waals surface area contributed by atoms with Gasteiger partial charge in [-0.1, -0.05) is 6.92 Å². The van der Waals surface area contributed by atoms with Crippen molar-refractivity contribution in [3.05, 3.63) is 21.9 Å². The Morgan fingerprint density at radius 1 is 1.33 bits per heavy atom. The van der Waals surface area contributed by atoms with Gasteiger partial charge in [-0.3, -0.25) is 9.69 Å². The van der Waals surface area contributed by atoms with E-state index in [4.69, 9.17) is 0 Å². The molecule has 1 aliphatic heterocycles. The number of carbonyl (C=O) groups excluding carboxylic acids is 1. The van der Waals surface area contributed by atoms with E-state index in [0.29, 0.717) is 0 Å². The molecule has 0 radical (unpaired) electrons. The highest BCUT2D eigenvalue weighted by Gasteiger charge is 2.32. The Kier molecular flexibility index (Phi) is 3.39. The van der Waals surface area contributed by atoms with Crippen LogP contribution in [0.1, 0.15) is 35.0 Å². The Morgan fingerprint density at radius 2 is 2.06 bits per heavy atom. The first-order valence-electron chi connectivity index (χ1n) is 6.88. The second kappa shape index (κ2) is 5.02. The molecule has 3 rings (SSSR count). The summed E-state index contributed by atoms with van der Waals surface area (Å²) in [5, 5.41) is 2.10. The molecule has 0 bridgehead atoms. The van der Waals surface area contributed by atoms with E-state index in [1.807, 2.05) is 4.90 Å². The Bertz CT molecular complexity index is 431. The van der Waals surface area contributed by atoms with E-state index in [9.17, 15) is 4.79 Å². The first-order chi connectivity index (χ1) is 8.78. The normalized spacial score (nSPS) is 21.3. The summed E-state index contributed by atoms with van der Waals surface area (Å²) in [6.07, 6.45) is 3.73. The molecule has 3 nitrogen and oxygen atoms in total. The van der Waals surface area contributed by atoms with Crippen LogP contribution in [0.5, 0.6) is 0 Å². The summed E-state index contributed by atoms with van der Waals surface area (Å²) in [7, 11) is 0. The van der Waals surface area contributed by atoms with Crippen molar-refractivity contribution >= 4 is 17.2 Å². The Morgan fingerprint density at radius 3 is 2.61 bits per heavy atom. The van der Waals surface area contributed by atoms with Gasteiger partial charge < -0.3 is 4.90 Å². The second-order valence-corrected chi connectivity index (χ2v) is 6.14. The lowest BCUT2D eigenvalue weighted by atomic mass is 10.2. The summed E-state index contributed by atoms with van der Waals surface area (Å²) in [5.41, 5.74) is 1.28. The highest BCUT2D eigenvalue weighted by molar-refractivity contribution is 7.12. The average molecular weight is 264 g/mol. The van der Waals surface area contributed by atoms with Crippen molar-refractivity contribution in [3.63, 3.8) is 0 Å². The van der Waals surface area contributed by atoms with Crippen LogP contribution in [-0.2, 0) is 6.42 Å². The molecule has 1 saturated heterocycles. The minimum Gasteiger partial charge on any atom is -0.335 e. The molecule has 0 N–H and O–H groups in total. The van der Waals surface area contributed by atoms with Crippen LogP contribution in [0.4, 0.5) is 0 Å². The number of hydrogen-bond acceptors (Lipinski definition) is 3. The van der Waals surface area contributed by atoms with Gasteiger partial charge in [-0.05, 0) is 36.3 Å². The van der Waals surface area contributed by atoms with Crippen molar-refractivity contribution in [1.82, 2.24) is 9.80 Å². The second-order valence-electron chi connectivity index (χ2n) is 5.23. The number of thiophene rings is 1. The van der Waals surface area contributed by atoms with E-state index in [-0.39, 0.29) is 5.91 Å². The van der Waals surface area contributed by atoms with E-state index in [1.54, 1.807) is 11.3 Å². The number of rotatable bonds is 3. The fraction of sp³-hybridized carbons (Fsp3) is 0.643. The third-order valence-electron chi connectivity index (χ3n) is 3.94. The maximum Gasteiger partial charge on any atom is 0.264 e. The largest absolute Gasteiger partial charge is 0.335 e. The summed E-state index contributed by atoms with van der Waals surface area (Å²) < 4.78 is 0. The molecule has 1 saturated carbocycles. The van der Waals surface area contributed by atoms with Crippen molar-refractivity contribution in [2.24, 2.45) is 0 Å². The van der Waals surface area contributed by atoms with E-state index >= 15 is 0 Å². The van der Waals surface area contributed by atoms with Gasteiger partial charge in [0.05, 0.1) is 4.88 Å². The van der Waals surface area contributed by atoms with Crippen molar-refractivity contribution in [3.8, 4) is 0 Å². The minimum absolute atomic E-state index is 0.232. The van der Waals surface area contributed by atoms with Crippen LogP contribution in [-0.4, -0.2) is 47.9 Å². The van der Waals surface area contributed by atoms with Crippen molar-refractivity contribution in [1.29, 1.82) is 0 Å². The quantitative estimate of drug-likeness (QED) is 0.836. The topological polar surface area (TPSA) is 23.6 Å². The predicted octanol–water partition coefficient (Wildman–Crippen LogP) is 2.23. The smallest absolute Gasteiger partial charge is 0.264 e. The lowest BCUT2D eigenvalue weighted by Crippen LogP contribution is -2.49. The zero-order valence-corrected chi connectivity index (χ0v) is 11.7. The zero-order valence-electron chi connectivity index (χ0n) is 10.9. The number of hydrogen-bond donors (Lipinski definition) is 0. The average Bonchev–Trinajstić information content (AvgIpc) is 3.16. The van der Waals surface area contributed by atoms with Gasteiger partial charge in [-0.25, -0.2) is 0 Å². The summed E-state index contributed by atoms with van der Waals surface area (Å²) in [6, 6.07) is 2.89. The lowest BCUT2D eigenvalue weighted by Gasteiger charge is -2.34. The Labute approximate surface area is 112 Å². The monoisotopic (exact) mass is 264 g/mol. The molecule has 1 aromatic rings. The molecule has 0 atom stereocenters. The van der Waals surface area contributed by atoms with Crippen molar-refractivity contribution in [2.45, 2.75) is 32.2 Å². The highest BCUT2D eigenvalue weighted by Crippen LogP contribution is 2.28. The zero-order chi connectivity index (χ0) is 12.5. The standard InChI is InChI=1S/C14H20N2OS/c1-2-11-9-13(18-10-11)14(17)16-7-5-15(6-8-16)12-3-4-12/h9-10,12H,2-8H2,1H3. The molecule has 2 fully saturated rings.